The molecule has 0 aromatic heterocycles. The van der Waals surface area contributed by atoms with Gasteiger partial charge in [0.2, 0.25) is 5.91 Å². The number of carbonyl (C=O) groups excluding carboxylic acids is 2. The van der Waals surface area contributed by atoms with Crippen LogP contribution < -0.4 is 5.32 Å². The molecule has 0 heterocycles. The van der Waals surface area contributed by atoms with Crippen LogP contribution in [0.5, 0.6) is 0 Å². The highest BCUT2D eigenvalue weighted by Gasteiger charge is 2.17. The normalized spacial score (nSPS) is 15.4. The van der Waals surface area contributed by atoms with E-state index in [0.29, 0.717) is 5.56 Å². The third kappa shape index (κ3) is 4.16. The Morgan fingerprint density at radius 1 is 1.11 bits per heavy atom. The maximum Gasteiger partial charge on any atom is 0.220 e. The zero-order chi connectivity index (χ0) is 13.7. The third-order valence-corrected chi connectivity index (χ3v) is 3.47. The Labute approximate surface area is 112 Å². The van der Waals surface area contributed by atoms with Gasteiger partial charge in [0.1, 0.15) is 5.82 Å². The number of halogens is 1. The average Bonchev–Trinajstić information content (AvgIpc) is 2.89. The molecule has 1 aliphatic rings. The summed E-state index contributed by atoms with van der Waals surface area (Å²) in [6.07, 6.45) is 4.78. The van der Waals surface area contributed by atoms with E-state index in [2.05, 4.69) is 5.32 Å². The molecule has 1 saturated carbocycles. The summed E-state index contributed by atoms with van der Waals surface area (Å²) in [7, 11) is 0. The van der Waals surface area contributed by atoms with Gasteiger partial charge >= 0.3 is 0 Å². The molecule has 19 heavy (non-hydrogen) atoms. The quantitative estimate of drug-likeness (QED) is 0.830. The first-order valence-corrected chi connectivity index (χ1v) is 6.73. The second-order valence-electron chi connectivity index (χ2n) is 4.98. The molecule has 0 spiro atoms. The molecule has 102 valence electrons. The van der Waals surface area contributed by atoms with Gasteiger partial charge in [-0.15, -0.1) is 0 Å². The fourth-order valence-corrected chi connectivity index (χ4v) is 2.38. The maximum absolute atomic E-state index is 12.7. The van der Waals surface area contributed by atoms with Crippen molar-refractivity contribution in [2.75, 3.05) is 0 Å². The molecule has 0 saturated heterocycles. The third-order valence-electron chi connectivity index (χ3n) is 3.47. The van der Waals surface area contributed by atoms with Crippen LogP contribution in [-0.2, 0) is 4.79 Å². The van der Waals surface area contributed by atoms with Gasteiger partial charge in [-0.05, 0) is 37.1 Å². The van der Waals surface area contributed by atoms with E-state index >= 15 is 0 Å². The lowest BCUT2D eigenvalue weighted by atomic mass is 10.1. The predicted molar refractivity (Wildman–Crippen MR) is 70.4 cm³/mol. The van der Waals surface area contributed by atoms with Gasteiger partial charge in [-0.3, -0.25) is 9.59 Å². The summed E-state index contributed by atoms with van der Waals surface area (Å²) in [5.74, 6) is -0.556. The SMILES string of the molecule is O=C(CCC(=O)c1ccc(F)cc1)NC1CCCC1. The van der Waals surface area contributed by atoms with E-state index < -0.39 is 0 Å². The van der Waals surface area contributed by atoms with Gasteiger partial charge in [-0.1, -0.05) is 12.8 Å². The van der Waals surface area contributed by atoms with Gasteiger partial charge < -0.3 is 5.32 Å². The number of rotatable bonds is 5. The van der Waals surface area contributed by atoms with E-state index in [1.165, 1.54) is 37.1 Å². The summed E-state index contributed by atoms with van der Waals surface area (Å²) in [4.78, 5) is 23.5. The lowest BCUT2D eigenvalue weighted by Crippen LogP contribution is -2.32. The average molecular weight is 263 g/mol. The topological polar surface area (TPSA) is 46.2 Å². The van der Waals surface area contributed by atoms with Crippen LogP contribution >= 0.6 is 0 Å². The molecule has 0 atom stereocenters. The number of benzene rings is 1. The van der Waals surface area contributed by atoms with Crippen molar-refractivity contribution >= 4 is 11.7 Å². The van der Waals surface area contributed by atoms with E-state index in [-0.39, 0.29) is 36.4 Å². The van der Waals surface area contributed by atoms with Crippen molar-refractivity contribution in [3.05, 3.63) is 35.6 Å². The van der Waals surface area contributed by atoms with Crippen molar-refractivity contribution in [1.82, 2.24) is 5.32 Å². The molecule has 1 fully saturated rings. The van der Waals surface area contributed by atoms with Crippen molar-refractivity contribution in [3.8, 4) is 0 Å². The number of amides is 1. The van der Waals surface area contributed by atoms with Crippen molar-refractivity contribution < 1.29 is 14.0 Å². The van der Waals surface area contributed by atoms with Gasteiger partial charge in [0.05, 0.1) is 0 Å². The molecule has 3 nitrogen and oxygen atoms in total. The van der Waals surface area contributed by atoms with Gasteiger partial charge in [-0.25, -0.2) is 4.39 Å². The van der Waals surface area contributed by atoms with Crippen LogP contribution in [0.4, 0.5) is 4.39 Å². The number of hydrogen-bond donors (Lipinski definition) is 1. The van der Waals surface area contributed by atoms with Crippen LogP contribution in [0.1, 0.15) is 48.9 Å². The zero-order valence-corrected chi connectivity index (χ0v) is 10.8. The Morgan fingerprint density at radius 2 is 1.74 bits per heavy atom. The zero-order valence-electron chi connectivity index (χ0n) is 10.8. The van der Waals surface area contributed by atoms with Gasteiger partial charge in [0.15, 0.2) is 5.78 Å². The highest BCUT2D eigenvalue weighted by molar-refractivity contribution is 5.97. The van der Waals surface area contributed by atoms with Crippen LogP contribution in [0.3, 0.4) is 0 Å². The number of carbonyl (C=O) groups is 2. The Balaban J connectivity index is 1.76. The Kier molecular flexibility index (Phi) is 4.66. The monoisotopic (exact) mass is 263 g/mol. The minimum absolute atomic E-state index is 0.0673. The molecule has 0 radical (unpaired) electrons. The molecule has 2 rings (SSSR count). The van der Waals surface area contributed by atoms with Crippen LogP contribution in [0, 0.1) is 5.82 Å². The first-order valence-electron chi connectivity index (χ1n) is 6.73. The van der Waals surface area contributed by atoms with Crippen molar-refractivity contribution in [2.24, 2.45) is 0 Å². The van der Waals surface area contributed by atoms with Crippen LogP contribution in [0.25, 0.3) is 0 Å². The van der Waals surface area contributed by atoms with Crippen molar-refractivity contribution in [3.63, 3.8) is 0 Å². The largest absolute Gasteiger partial charge is 0.353 e. The summed E-state index contributed by atoms with van der Waals surface area (Å²) < 4.78 is 12.7. The molecule has 1 aromatic carbocycles. The highest BCUT2D eigenvalue weighted by atomic mass is 19.1. The lowest BCUT2D eigenvalue weighted by Gasteiger charge is -2.11. The molecule has 1 N–H and O–H groups in total. The second kappa shape index (κ2) is 6.45. The second-order valence-corrected chi connectivity index (χ2v) is 4.98. The first kappa shape index (κ1) is 13.7. The molecule has 1 aromatic rings. The fourth-order valence-electron chi connectivity index (χ4n) is 2.38. The molecular formula is C15H18FNO2. The fraction of sp³-hybridized carbons (Fsp3) is 0.467. The molecule has 0 aliphatic heterocycles. The Hall–Kier alpha value is -1.71. The van der Waals surface area contributed by atoms with Gasteiger partial charge in [-0.2, -0.15) is 0 Å². The minimum atomic E-state index is -0.365. The van der Waals surface area contributed by atoms with Gasteiger partial charge in [0.25, 0.3) is 0 Å². The van der Waals surface area contributed by atoms with Crippen molar-refractivity contribution in [1.29, 1.82) is 0 Å². The number of Topliss-reactive ketones (excluding diaryl/α,β-unsaturated/α-hetero) is 1. The summed E-state index contributed by atoms with van der Waals surface area (Å²) in [6.45, 7) is 0. The van der Waals surface area contributed by atoms with E-state index in [9.17, 15) is 14.0 Å². The Bertz CT molecular complexity index is 450. The van der Waals surface area contributed by atoms with E-state index in [1.54, 1.807) is 0 Å². The van der Waals surface area contributed by atoms with E-state index in [4.69, 9.17) is 0 Å². The Morgan fingerprint density at radius 3 is 2.37 bits per heavy atom. The van der Waals surface area contributed by atoms with E-state index in [1.807, 2.05) is 0 Å². The molecular weight excluding hydrogens is 245 g/mol. The van der Waals surface area contributed by atoms with Crippen molar-refractivity contribution in [2.45, 2.75) is 44.6 Å². The van der Waals surface area contributed by atoms with E-state index in [0.717, 1.165) is 12.8 Å². The lowest BCUT2D eigenvalue weighted by molar-refractivity contribution is -0.121. The first-order chi connectivity index (χ1) is 9.15. The minimum Gasteiger partial charge on any atom is -0.353 e. The van der Waals surface area contributed by atoms with Crippen LogP contribution in [-0.4, -0.2) is 17.7 Å². The predicted octanol–water partition coefficient (Wildman–Crippen LogP) is 2.85. The number of nitrogens with one attached hydrogen (secondary N) is 1. The summed E-state index contributed by atoms with van der Waals surface area (Å²) >= 11 is 0. The standard InChI is InChI=1S/C15H18FNO2/c16-12-7-5-11(6-8-12)14(18)9-10-15(19)17-13-3-1-2-4-13/h5-8,13H,1-4,9-10H2,(H,17,19). The smallest absolute Gasteiger partial charge is 0.220 e. The molecule has 4 heteroatoms. The summed E-state index contributed by atoms with van der Waals surface area (Å²) in [6, 6.07) is 5.70. The van der Waals surface area contributed by atoms with Gasteiger partial charge in [0, 0.05) is 24.4 Å². The van der Waals surface area contributed by atoms with Crippen LogP contribution in [0.2, 0.25) is 0 Å². The van der Waals surface area contributed by atoms with Crippen LogP contribution in [0.15, 0.2) is 24.3 Å². The summed E-state index contributed by atoms with van der Waals surface area (Å²) in [5, 5.41) is 2.94. The molecule has 0 bridgehead atoms. The molecule has 1 aliphatic carbocycles. The number of ketones is 1. The molecule has 1 amide bonds. The number of hydrogen-bond acceptors (Lipinski definition) is 2. The highest BCUT2D eigenvalue weighted by Crippen LogP contribution is 2.17. The maximum atomic E-state index is 12.7. The summed E-state index contributed by atoms with van der Waals surface area (Å²) in [5.41, 5.74) is 0.454. The molecule has 0 unspecified atom stereocenters.